The topological polar surface area (TPSA) is 40.6 Å². The molecule has 27 heavy (non-hydrogen) atoms. The van der Waals surface area contributed by atoms with Crippen LogP contribution in [0.1, 0.15) is 68.1 Å². The van der Waals surface area contributed by atoms with Gasteiger partial charge >= 0.3 is 0 Å². The fraction of sp³-hybridized carbons (Fsp3) is 0.636. The molecular formula is C22H29BrN2O2. The first-order valence-electron chi connectivity index (χ1n) is 10.5. The maximum Gasteiger partial charge on any atom is 0.253 e. The monoisotopic (exact) mass is 432 g/mol. The van der Waals surface area contributed by atoms with Crippen molar-refractivity contribution in [2.75, 3.05) is 13.1 Å². The van der Waals surface area contributed by atoms with Crippen LogP contribution in [-0.4, -0.2) is 46.8 Å². The van der Waals surface area contributed by atoms with Crippen molar-refractivity contribution in [3.05, 3.63) is 34.3 Å². The highest BCUT2D eigenvalue weighted by Crippen LogP contribution is 2.36. The van der Waals surface area contributed by atoms with Crippen LogP contribution in [0.5, 0.6) is 0 Å². The zero-order chi connectivity index (χ0) is 18.8. The van der Waals surface area contributed by atoms with Crippen molar-refractivity contribution in [3.8, 4) is 0 Å². The summed E-state index contributed by atoms with van der Waals surface area (Å²) >= 11 is 3.41. The summed E-state index contributed by atoms with van der Waals surface area (Å²) in [5.41, 5.74) is 0.727. The molecule has 5 heteroatoms. The standard InChI is InChI=1S/C22H29BrN2O2/c23-18-8-6-16(7-9-18)21(26)24-14-12-17(13-15-24)22(27)25(20-10-11-20)19-4-2-1-3-5-19/h6-9,17,19-20H,1-5,10-15H2. The molecule has 2 saturated carbocycles. The third-order valence-corrected chi connectivity index (χ3v) is 6.91. The first kappa shape index (κ1) is 19.0. The fourth-order valence-electron chi connectivity index (χ4n) is 4.69. The molecule has 1 aromatic rings. The lowest BCUT2D eigenvalue weighted by molar-refractivity contribution is -0.140. The van der Waals surface area contributed by atoms with Crippen LogP contribution in [0.25, 0.3) is 0 Å². The highest BCUT2D eigenvalue weighted by atomic mass is 79.9. The molecule has 4 rings (SSSR count). The summed E-state index contributed by atoms with van der Waals surface area (Å²) < 4.78 is 0.978. The average Bonchev–Trinajstić information content (AvgIpc) is 3.54. The molecule has 0 radical (unpaired) electrons. The number of benzene rings is 1. The number of carbonyl (C=O) groups excluding carboxylic acids is 2. The Bertz CT molecular complexity index is 672. The smallest absolute Gasteiger partial charge is 0.253 e. The molecule has 2 aliphatic carbocycles. The van der Waals surface area contributed by atoms with E-state index in [0.29, 0.717) is 31.1 Å². The van der Waals surface area contributed by atoms with Crippen LogP contribution >= 0.6 is 15.9 Å². The average molecular weight is 433 g/mol. The number of halogens is 1. The van der Waals surface area contributed by atoms with Crippen molar-refractivity contribution in [3.63, 3.8) is 0 Å². The van der Waals surface area contributed by atoms with Gasteiger partial charge in [0.25, 0.3) is 5.91 Å². The van der Waals surface area contributed by atoms with Crippen LogP contribution in [0.2, 0.25) is 0 Å². The van der Waals surface area contributed by atoms with Crippen LogP contribution in [-0.2, 0) is 4.79 Å². The minimum Gasteiger partial charge on any atom is -0.339 e. The van der Waals surface area contributed by atoms with Gasteiger partial charge in [0.15, 0.2) is 0 Å². The number of rotatable bonds is 4. The minimum absolute atomic E-state index is 0.0831. The molecule has 0 atom stereocenters. The van der Waals surface area contributed by atoms with E-state index in [1.165, 1.54) is 44.9 Å². The SMILES string of the molecule is O=C(c1ccc(Br)cc1)N1CCC(C(=O)N(C2CCCCC2)C2CC2)CC1. The highest BCUT2D eigenvalue weighted by Gasteiger charge is 2.41. The molecule has 3 aliphatic rings. The molecular weight excluding hydrogens is 404 g/mol. The summed E-state index contributed by atoms with van der Waals surface area (Å²) in [5.74, 6) is 0.557. The Morgan fingerprint density at radius 2 is 1.44 bits per heavy atom. The lowest BCUT2D eigenvalue weighted by Crippen LogP contribution is -2.49. The third kappa shape index (κ3) is 4.39. The van der Waals surface area contributed by atoms with Crippen molar-refractivity contribution in [1.82, 2.24) is 9.80 Å². The Morgan fingerprint density at radius 1 is 0.852 bits per heavy atom. The van der Waals surface area contributed by atoms with Gasteiger partial charge in [0, 0.05) is 41.1 Å². The van der Waals surface area contributed by atoms with Crippen LogP contribution in [0, 0.1) is 5.92 Å². The quantitative estimate of drug-likeness (QED) is 0.695. The molecule has 1 aromatic carbocycles. The van der Waals surface area contributed by atoms with E-state index >= 15 is 0 Å². The van der Waals surface area contributed by atoms with Crippen molar-refractivity contribution in [2.45, 2.75) is 69.9 Å². The van der Waals surface area contributed by atoms with E-state index in [-0.39, 0.29) is 11.8 Å². The molecule has 4 nitrogen and oxygen atoms in total. The number of likely N-dealkylation sites (tertiary alicyclic amines) is 1. The number of nitrogens with zero attached hydrogens (tertiary/aromatic N) is 2. The van der Waals surface area contributed by atoms with Crippen LogP contribution in [0.15, 0.2) is 28.7 Å². The Hall–Kier alpha value is -1.36. The van der Waals surface area contributed by atoms with Gasteiger partial charge in [0.2, 0.25) is 5.91 Å². The first-order chi connectivity index (χ1) is 13.1. The number of carbonyl (C=O) groups is 2. The Labute approximate surface area is 170 Å². The summed E-state index contributed by atoms with van der Waals surface area (Å²) in [6.45, 7) is 1.38. The summed E-state index contributed by atoms with van der Waals surface area (Å²) in [5, 5.41) is 0. The molecule has 1 aliphatic heterocycles. The lowest BCUT2D eigenvalue weighted by Gasteiger charge is -2.39. The zero-order valence-corrected chi connectivity index (χ0v) is 17.5. The van der Waals surface area contributed by atoms with Gasteiger partial charge in [-0.2, -0.15) is 0 Å². The van der Waals surface area contributed by atoms with E-state index in [0.717, 1.165) is 22.9 Å². The van der Waals surface area contributed by atoms with E-state index in [1.54, 1.807) is 0 Å². The van der Waals surface area contributed by atoms with Gasteiger partial charge in [-0.15, -0.1) is 0 Å². The molecule has 0 unspecified atom stereocenters. The van der Waals surface area contributed by atoms with Gasteiger partial charge in [-0.05, 0) is 62.8 Å². The van der Waals surface area contributed by atoms with Crippen molar-refractivity contribution in [1.29, 1.82) is 0 Å². The number of hydrogen-bond donors (Lipinski definition) is 0. The van der Waals surface area contributed by atoms with E-state index in [1.807, 2.05) is 29.2 Å². The van der Waals surface area contributed by atoms with Crippen molar-refractivity contribution < 1.29 is 9.59 Å². The van der Waals surface area contributed by atoms with Gasteiger partial charge in [-0.3, -0.25) is 9.59 Å². The molecule has 1 heterocycles. The second-order valence-electron chi connectivity index (χ2n) is 8.34. The summed E-state index contributed by atoms with van der Waals surface area (Å²) in [4.78, 5) is 30.2. The maximum atomic E-state index is 13.3. The normalized spacial score (nSPS) is 21.9. The maximum absolute atomic E-state index is 13.3. The highest BCUT2D eigenvalue weighted by molar-refractivity contribution is 9.10. The summed E-state index contributed by atoms with van der Waals surface area (Å²) in [6.07, 6.45) is 10.2. The Balaban J connectivity index is 1.35. The van der Waals surface area contributed by atoms with E-state index in [2.05, 4.69) is 20.8 Å². The molecule has 146 valence electrons. The van der Waals surface area contributed by atoms with E-state index in [4.69, 9.17) is 0 Å². The van der Waals surface area contributed by atoms with Gasteiger partial charge in [-0.1, -0.05) is 35.2 Å². The fourth-order valence-corrected chi connectivity index (χ4v) is 4.95. The molecule has 0 aromatic heterocycles. The first-order valence-corrected chi connectivity index (χ1v) is 11.3. The predicted molar refractivity (Wildman–Crippen MR) is 110 cm³/mol. The largest absolute Gasteiger partial charge is 0.339 e. The van der Waals surface area contributed by atoms with Crippen LogP contribution < -0.4 is 0 Å². The van der Waals surface area contributed by atoms with E-state index < -0.39 is 0 Å². The zero-order valence-electron chi connectivity index (χ0n) is 15.9. The summed E-state index contributed by atoms with van der Waals surface area (Å²) in [7, 11) is 0. The van der Waals surface area contributed by atoms with Gasteiger partial charge in [0.1, 0.15) is 0 Å². The molecule has 2 amide bonds. The Kier molecular flexibility index (Phi) is 5.86. The van der Waals surface area contributed by atoms with Gasteiger partial charge < -0.3 is 9.80 Å². The lowest BCUT2D eigenvalue weighted by atomic mass is 9.90. The number of amides is 2. The Morgan fingerprint density at radius 3 is 2.04 bits per heavy atom. The molecule has 0 bridgehead atoms. The molecule has 0 spiro atoms. The number of piperidine rings is 1. The van der Waals surface area contributed by atoms with Crippen LogP contribution in [0.3, 0.4) is 0 Å². The number of hydrogen-bond acceptors (Lipinski definition) is 2. The second kappa shape index (κ2) is 8.34. The molecule has 0 N–H and O–H groups in total. The minimum atomic E-state index is 0.0831. The molecule has 1 saturated heterocycles. The van der Waals surface area contributed by atoms with Crippen molar-refractivity contribution in [2.24, 2.45) is 5.92 Å². The molecule has 3 fully saturated rings. The van der Waals surface area contributed by atoms with Gasteiger partial charge in [0.05, 0.1) is 0 Å². The van der Waals surface area contributed by atoms with E-state index in [9.17, 15) is 9.59 Å². The predicted octanol–water partition coefficient (Wildman–Crippen LogP) is 4.63. The summed E-state index contributed by atoms with van der Waals surface area (Å²) in [6, 6.07) is 8.51. The third-order valence-electron chi connectivity index (χ3n) is 6.39. The van der Waals surface area contributed by atoms with Crippen LogP contribution in [0.4, 0.5) is 0 Å². The van der Waals surface area contributed by atoms with Crippen molar-refractivity contribution >= 4 is 27.7 Å². The van der Waals surface area contributed by atoms with Gasteiger partial charge in [-0.25, -0.2) is 0 Å². The second-order valence-corrected chi connectivity index (χ2v) is 9.26.